The first kappa shape index (κ1) is 20.1. The van der Waals surface area contributed by atoms with Crippen molar-refractivity contribution in [3.05, 3.63) is 0 Å². The lowest BCUT2D eigenvalue weighted by Crippen LogP contribution is -2.61. The smallest absolute Gasteiger partial charge is 0.191 e. The van der Waals surface area contributed by atoms with E-state index in [1.54, 1.807) is 0 Å². The number of aliphatic hydroxyl groups excluding tert-OH is 4. The second-order valence-corrected chi connectivity index (χ2v) is 6.56. The Morgan fingerprint density at radius 1 is 1.00 bits per heavy atom. The number of hydrogen-bond acceptors (Lipinski definition) is 13. The summed E-state index contributed by atoms with van der Waals surface area (Å²) in [6, 6.07) is 0. The molecule has 0 amide bonds. The van der Waals surface area contributed by atoms with Crippen LogP contribution in [0.25, 0.3) is 0 Å². The number of ether oxygens (including phenoxy) is 1. The summed E-state index contributed by atoms with van der Waals surface area (Å²) >= 11 is 0. The normalized spacial score (nSPS) is 35.4. The highest BCUT2D eigenvalue weighted by molar-refractivity contribution is 7.43. The molecule has 0 aromatic rings. The predicted molar refractivity (Wildman–Crippen MR) is 54.9 cm³/mol. The Morgan fingerprint density at radius 2 is 1.55 bits per heavy atom. The molecule has 1 saturated heterocycles. The van der Waals surface area contributed by atoms with E-state index in [2.05, 4.69) is 13.8 Å². The van der Waals surface area contributed by atoms with Crippen LogP contribution in [0.1, 0.15) is 0 Å². The van der Waals surface area contributed by atoms with Gasteiger partial charge in [0.1, 0.15) is 30.5 Å². The molecule has 4 N–H and O–H groups in total. The fraction of sp³-hybridized carbons (Fsp3) is 1.00. The molecule has 15 heteroatoms. The minimum Gasteiger partial charge on any atom is -0.790 e. The molecular weight excluding hydrogens is 354 g/mol. The highest BCUT2D eigenvalue weighted by Gasteiger charge is 2.47. The molecule has 1 unspecified atom stereocenters. The minimum atomic E-state index is -5.65. The zero-order chi connectivity index (χ0) is 17.3. The van der Waals surface area contributed by atoms with Gasteiger partial charge in [0.2, 0.25) is 0 Å². The molecule has 0 radical (unpaired) electrons. The second-order valence-electron chi connectivity index (χ2n) is 4.30. The quantitative estimate of drug-likeness (QED) is 0.320. The third-order valence-electron chi connectivity index (χ3n) is 2.62. The third-order valence-corrected chi connectivity index (χ3v) is 3.55. The fourth-order valence-electron chi connectivity index (χ4n) is 1.67. The van der Waals surface area contributed by atoms with Crippen molar-refractivity contribution in [2.75, 3.05) is 6.61 Å². The predicted octanol–water partition coefficient (Wildman–Crippen LogP) is -6.15. The molecule has 13 nitrogen and oxygen atoms in total. The van der Waals surface area contributed by atoms with Crippen LogP contribution in [0, 0.1) is 0 Å². The summed E-state index contributed by atoms with van der Waals surface area (Å²) in [5, 5.41) is 38.0. The lowest BCUT2D eigenvalue weighted by atomic mass is 9.96. The largest absolute Gasteiger partial charge is 0.790 e. The van der Waals surface area contributed by atoms with Gasteiger partial charge in [-0.2, -0.15) is 0 Å². The maximum atomic E-state index is 10.5. The topological polar surface area (TPSA) is 235 Å². The standard InChI is InChI=1S/C7H16O13P2/c8-2(1-18-21(12,13)14)6-4(10)3(9)5(11)7(19-6)20-22(15,16)17/h2-11H,1H2,(H2,12,13,14)(H2,15,16,17)/p-4/t2-,3+,4+,5+,6-,7?/m1/s1. The van der Waals surface area contributed by atoms with Gasteiger partial charge in [0.15, 0.2) is 6.29 Å². The summed E-state index contributed by atoms with van der Waals surface area (Å²) in [4.78, 5) is 41.5. The fourth-order valence-corrected chi connectivity index (χ4v) is 2.43. The molecule has 0 spiro atoms. The summed E-state index contributed by atoms with van der Waals surface area (Å²) < 4.78 is 32.9. The van der Waals surface area contributed by atoms with E-state index < -0.39 is 59.1 Å². The first-order valence-corrected chi connectivity index (χ1v) is 8.49. The Hall–Kier alpha value is 0.0200. The molecule has 132 valence electrons. The Labute approximate surface area is 123 Å². The average Bonchev–Trinajstić information content (AvgIpc) is 2.34. The average molecular weight is 366 g/mol. The van der Waals surface area contributed by atoms with E-state index in [1.807, 2.05) is 0 Å². The Kier molecular flexibility index (Phi) is 6.64. The van der Waals surface area contributed by atoms with Crippen LogP contribution in [-0.2, 0) is 22.9 Å². The minimum absolute atomic E-state index is 1.19. The van der Waals surface area contributed by atoms with Gasteiger partial charge in [-0.25, -0.2) is 0 Å². The SMILES string of the molecule is O=P([O-])([O-])OC[C@@H](O)[C@H]1OC(OP(=O)([O-])[O-])[C@@H](O)[C@@H](O)[C@@H]1O. The molecule has 0 aromatic heterocycles. The van der Waals surface area contributed by atoms with E-state index in [9.17, 15) is 49.1 Å². The summed E-state index contributed by atoms with van der Waals surface area (Å²) in [5.74, 6) is 0. The van der Waals surface area contributed by atoms with Crippen LogP contribution < -0.4 is 19.6 Å². The van der Waals surface area contributed by atoms with Crippen molar-refractivity contribution in [2.24, 2.45) is 0 Å². The zero-order valence-electron chi connectivity index (χ0n) is 10.5. The van der Waals surface area contributed by atoms with E-state index in [0.29, 0.717) is 0 Å². The van der Waals surface area contributed by atoms with Gasteiger partial charge in [0.05, 0.1) is 22.3 Å². The van der Waals surface area contributed by atoms with Crippen LogP contribution in [0.2, 0.25) is 0 Å². The summed E-state index contributed by atoms with van der Waals surface area (Å²) in [6.07, 6.45) is -12.5. The van der Waals surface area contributed by atoms with Crippen molar-refractivity contribution in [1.29, 1.82) is 0 Å². The lowest BCUT2D eigenvalue weighted by molar-refractivity contribution is -0.371. The highest BCUT2D eigenvalue weighted by Crippen LogP contribution is 2.34. The van der Waals surface area contributed by atoms with Gasteiger partial charge < -0.3 is 62.9 Å². The molecule has 0 aromatic carbocycles. The molecule has 1 aliphatic rings. The number of rotatable bonds is 6. The first-order valence-electron chi connectivity index (χ1n) is 5.56. The highest BCUT2D eigenvalue weighted by atomic mass is 31.2. The molecule has 0 bridgehead atoms. The number of phosphoric acid groups is 2. The van der Waals surface area contributed by atoms with E-state index in [-0.39, 0.29) is 0 Å². The van der Waals surface area contributed by atoms with Crippen LogP contribution in [0.4, 0.5) is 0 Å². The van der Waals surface area contributed by atoms with Gasteiger partial charge in [-0.15, -0.1) is 0 Å². The monoisotopic (exact) mass is 366 g/mol. The van der Waals surface area contributed by atoms with Gasteiger partial charge >= 0.3 is 0 Å². The summed E-state index contributed by atoms with van der Waals surface area (Å²) in [5.41, 5.74) is 0. The number of aliphatic hydroxyl groups is 4. The van der Waals surface area contributed by atoms with E-state index in [4.69, 9.17) is 0 Å². The molecule has 0 saturated carbocycles. The van der Waals surface area contributed by atoms with Crippen molar-refractivity contribution in [3.8, 4) is 0 Å². The Bertz CT molecular complexity index is 457. The van der Waals surface area contributed by atoms with Gasteiger partial charge in [-0.05, 0) is 0 Å². The van der Waals surface area contributed by atoms with Crippen LogP contribution in [0.15, 0.2) is 0 Å². The van der Waals surface area contributed by atoms with Gasteiger partial charge in [-0.1, -0.05) is 0 Å². The molecule has 1 rings (SSSR count). The molecule has 6 atom stereocenters. The van der Waals surface area contributed by atoms with Gasteiger partial charge in [0.25, 0.3) is 0 Å². The first-order chi connectivity index (χ1) is 9.82. The van der Waals surface area contributed by atoms with Crippen LogP contribution in [0.5, 0.6) is 0 Å². The lowest BCUT2D eigenvalue weighted by Gasteiger charge is -2.45. The molecule has 1 heterocycles. The molecule has 0 aliphatic carbocycles. The zero-order valence-corrected chi connectivity index (χ0v) is 12.3. The Morgan fingerprint density at radius 3 is 2.00 bits per heavy atom. The third kappa shape index (κ3) is 5.91. The van der Waals surface area contributed by atoms with Crippen molar-refractivity contribution >= 4 is 15.6 Å². The molecule has 22 heavy (non-hydrogen) atoms. The van der Waals surface area contributed by atoms with Crippen LogP contribution in [0.3, 0.4) is 0 Å². The Balaban J connectivity index is 2.80. The second kappa shape index (κ2) is 7.28. The summed E-state index contributed by atoms with van der Waals surface area (Å²) in [6.45, 7) is -1.19. The molecule has 1 fully saturated rings. The van der Waals surface area contributed by atoms with Crippen LogP contribution in [-0.4, -0.2) is 63.8 Å². The van der Waals surface area contributed by atoms with Crippen molar-refractivity contribution < 1.29 is 62.9 Å². The maximum Gasteiger partial charge on any atom is 0.191 e. The van der Waals surface area contributed by atoms with Crippen molar-refractivity contribution in [3.63, 3.8) is 0 Å². The molecule has 1 aliphatic heterocycles. The maximum absolute atomic E-state index is 10.5. The van der Waals surface area contributed by atoms with Crippen molar-refractivity contribution in [1.82, 2.24) is 0 Å². The molecular formula is C7H12O13P2-4. The van der Waals surface area contributed by atoms with Crippen molar-refractivity contribution in [2.45, 2.75) is 36.8 Å². The van der Waals surface area contributed by atoms with E-state index in [1.165, 1.54) is 0 Å². The summed E-state index contributed by atoms with van der Waals surface area (Å²) in [7, 11) is -11.1. The number of hydrogen-bond donors (Lipinski definition) is 4. The number of phosphoric ester groups is 2. The van der Waals surface area contributed by atoms with Gasteiger partial charge in [0, 0.05) is 0 Å². The van der Waals surface area contributed by atoms with E-state index >= 15 is 0 Å². The van der Waals surface area contributed by atoms with Crippen LogP contribution >= 0.6 is 15.6 Å². The van der Waals surface area contributed by atoms with Gasteiger partial charge in [-0.3, -0.25) is 0 Å². The van der Waals surface area contributed by atoms with E-state index in [0.717, 1.165) is 0 Å².